The molecule has 1 saturated heterocycles. The van der Waals surface area contributed by atoms with Crippen LogP contribution in [-0.2, 0) is 12.7 Å². The van der Waals surface area contributed by atoms with Crippen molar-refractivity contribution in [1.29, 1.82) is 0 Å². The molecular weight excluding hydrogens is 407 g/mol. The van der Waals surface area contributed by atoms with Crippen LogP contribution in [-0.4, -0.2) is 46.9 Å². The molecule has 2 aromatic carbocycles. The van der Waals surface area contributed by atoms with Crippen LogP contribution in [0.5, 0.6) is 0 Å². The van der Waals surface area contributed by atoms with E-state index in [0.717, 1.165) is 36.2 Å². The second-order valence-corrected chi connectivity index (χ2v) is 7.56. The first kappa shape index (κ1) is 21.1. The van der Waals surface area contributed by atoms with Crippen LogP contribution >= 0.6 is 0 Å². The molecule has 1 aliphatic rings. The Bertz CT molecular complexity index is 1000. The quantitative estimate of drug-likeness (QED) is 0.603. The van der Waals surface area contributed by atoms with Gasteiger partial charge in [0.2, 0.25) is 0 Å². The van der Waals surface area contributed by atoms with Gasteiger partial charge in [-0.15, -0.1) is 0 Å². The monoisotopic (exact) mass is 429 g/mol. The third kappa shape index (κ3) is 5.14. The van der Waals surface area contributed by atoms with Crippen LogP contribution in [0.1, 0.15) is 27.9 Å². The molecule has 1 aromatic heterocycles. The molecule has 0 aliphatic carbocycles. The molecule has 1 aliphatic heterocycles. The second kappa shape index (κ2) is 8.93. The van der Waals surface area contributed by atoms with Gasteiger partial charge in [-0.05, 0) is 36.2 Å². The van der Waals surface area contributed by atoms with Gasteiger partial charge in [0.15, 0.2) is 12.2 Å². The van der Waals surface area contributed by atoms with Crippen molar-refractivity contribution < 1.29 is 22.4 Å². The summed E-state index contributed by atoms with van der Waals surface area (Å²) in [7, 11) is 0. The molecule has 8 heteroatoms. The van der Waals surface area contributed by atoms with E-state index < -0.39 is 11.7 Å². The molecule has 0 bridgehead atoms. The maximum Gasteiger partial charge on any atom is 0.416 e. The summed E-state index contributed by atoms with van der Waals surface area (Å²) in [6.07, 6.45) is -0.531. The number of hydrogen-bond donors (Lipinski definition) is 0. The summed E-state index contributed by atoms with van der Waals surface area (Å²) in [5.41, 5.74) is 1.65. The molecule has 0 spiro atoms. The number of rotatable bonds is 4. The minimum absolute atomic E-state index is 0.0273. The van der Waals surface area contributed by atoms with E-state index in [1.165, 1.54) is 18.5 Å². The topological polar surface area (TPSA) is 49.6 Å². The van der Waals surface area contributed by atoms with Crippen molar-refractivity contribution in [1.82, 2.24) is 14.8 Å². The second-order valence-electron chi connectivity index (χ2n) is 7.56. The fourth-order valence-corrected chi connectivity index (χ4v) is 3.71. The van der Waals surface area contributed by atoms with Crippen molar-refractivity contribution in [3.8, 4) is 11.3 Å². The van der Waals surface area contributed by atoms with Crippen molar-refractivity contribution in [3.63, 3.8) is 0 Å². The van der Waals surface area contributed by atoms with E-state index in [4.69, 9.17) is 4.42 Å². The van der Waals surface area contributed by atoms with Crippen molar-refractivity contribution >= 4 is 5.91 Å². The first-order valence-corrected chi connectivity index (χ1v) is 10.1. The summed E-state index contributed by atoms with van der Waals surface area (Å²) < 4.78 is 43.5. The molecular formula is C23H22F3N3O2. The molecule has 1 fully saturated rings. The van der Waals surface area contributed by atoms with Crippen LogP contribution in [0.4, 0.5) is 13.2 Å². The third-order valence-corrected chi connectivity index (χ3v) is 5.41. The Morgan fingerprint density at radius 1 is 0.968 bits per heavy atom. The lowest BCUT2D eigenvalue weighted by molar-refractivity contribution is -0.137. The zero-order valence-corrected chi connectivity index (χ0v) is 16.8. The van der Waals surface area contributed by atoms with Crippen LogP contribution in [0.15, 0.2) is 65.5 Å². The van der Waals surface area contributed by atoms with Crippen LogP contribution < -0.4 is 0 Å². The molecule has 1 amide bonds. The smallest absolute Gasteiger partial charge is 0.416 e. The number of carbonyl (C=O) groups excluding carboxylic acids is 1. The van der Waals surface area contributed by atoms with E-state index in [2.05, 4.69) is 9.88 Å². The lowest BCUT2D eigenvalue weighted by atomic mass is 10.1. The van der Waals surface area contributed by atoms with E-state index in [9.17, 15) is 18.0 Å². The largest absolute Gasteiger partial charge is 0.444 e. The van der Waals surface area contributed by atoms with Crippen molar-refractivity contribution in [2.24, 2.45) is 0 Å². The lowest BCUT2D eigenvalue weighted by Crippen LogP contribution is -2.35. The van der Waals surface area contributed by atoms with Crippen LogP contribution in [0.3, 0.4) is 0 Å². The van der Waals surface area contributed by atoms with Gasteiger partial charge in [-0.2, -0.15) is 13.2 Å². The van der Waals surface area contributed by atoms with Crippen molar-refractivity contribution in [3.05, 3.63) is 77.8 Å². The number of nitrogens with zero attached hydrogens (tertiary/aromatic N) is 3. The summed E-state index contributed by atoms with van der Waals surface area (Å²) in [4.78, 5) is 20.8. The molecule has 3 aromatic rings. The highest BCUT2D eigenvalue weighted by molar-refractivity contribution is 5.94. The van der Waals surface area contributed by atoms with Crippen LogP contribution in [0.25, 0.3) is 11.3 Å². The van der Waals surface area contributed by atoms with Gasteiger partial charge in [-0.3, -0.25) is 9.69 Å². The Kier molecular flexibility index (Phi) is 6.08. The van der Waals surface area contributed by atoms with Crippen molar-refractivity contribution in [2.75, 3.05) is 26.2 Å². The molecule has 0 radical (unpaired) electrons. The summed E-state index contributed by atoms with van der Waals surface area (Å²) >= 11 is 0. The molecule has 162 valence electrons. The van der Waals surface area contributed by atoms with E-state index in [-0.39, 0.29) is 5.91 Å². The highest BCUT2D eigenvalue weighted by Crippen LogP contribution is 2.29. The highest BCUT2D eigenvalue weighted by Gasteiger charge is 2.30. The van der Waals surface area contributed by atoms with Gasteiger partial charge >= 0.3 is 6.18 Å². The number of aromatic nitrogens is 1. The number of amides is 1. The fourth-order valence-electron chi connectivity index (χ4n) is 3.71. The van der Waals surface area contributed by atoms with Crippen LogP contribution in [0.2, 0.25) is 0 Å². The van der Waals surface area contributed by atoms with Gasteiger partial charge < -0.3 is 9.32 Å². The predicted molar refractivity (Wildman–Crippen MR) is 109 cm³/mol. The molecule has 0 unspecified atom stereocenters. The minimum atomic E-state index is -4.32. The normalized spacial score (nSPS) is 15.6. The minimum Gasteiger partial charge on any atom is -0.444 e. The zero-order chi connectivity index (χ0) is 21.8. The van der Waals surface area contributed by atoms with Gasteiger partial charge in [-0.25, -0.2) is 4.98 Å². The maximum absolute atomic E-state index is 12.9. The molecule has 0 saturated carbocycles. The molecule has 2 heterocycles. The average Bonchev–Trinajstić information content (AvgIpc) is 3.20. The molecule has 31 heavy (non-hydrogen) atoms. The molecule has 0 atom stereocenters. The zero-order valence-electron chi connectivity index (χ0n) is 16.8. The highest BCUT2D eigenvalue weighted by atomic mass is 19.4. The molecule has 5 nitrogen and oxygen atoms in total. The van der Waals surface area contributed by atoms with Gasteiger partial charge in [0.05, 0.1) is 11.8 Å². The Balaban J connectivity index is 1.34. The molecule has 0 N–H and O–H groups in total. The van der Waals surface area contributed by atoms with Gasteiger partial charge in [-0.1, -0.05) is 24.3 Å². The summed E-state index contributed by atoms with van der Waals surface area (Å²) in [6.45, 7) is 3.24. The molecule has 4 rings (SSSR count). The number of hydrogen-bond acceptors (Lipinski definition) is 4. The van der Waals surface area contributed by atoms with E-state index in [1.54, 1.807) is 18.3 Å². The van der Waals surface area contributed by atoms with Gasteiger partial charge in [0, 0.05) is 43.9 Å². The Labute approximate surface area is 178 Å². The van der Waals surface area contributed by atoms with Crippen molar-refractivity contribution in [2.45, 2.75) is 19.1 Å². The lowest BCUT2D eigenvalue weighted by Gasteiger charge is -2.22. The van der Waals surface area contributed by atoms with Gasteiger partial charge in [0.1, 0.15) is 0 Å². The third-order valence-electron chi connectivity index (χ3n) is 5.41. The Hall–Kier alpha value is -3.13. The standard InChI is InChI=1S/C23H22F3N3O2/c24-23(25,26)20-8-2-17(3-9-20)15-28-10-1-11-29(13-12-28)22(30)19-6-4-18(5-7-19)21-14-27-16-31-21/h2-9,14,16H,1,10-13,15H2. The number of carbonyl (C=O) groups is 1. The van der Waals surface area contributed by atoms with Crippen LogP contribution in [0, 0.1) is 0 Å². The fraction of sp³-hybridized carbons (Fsp3) is 0.304. The Morgan fingerprint density at radius 2 is 1.71 bits per heavy atom. The van der Waals surface area contributed by atoms with E-state index >= 15 is 0 Å². The number of oxazole rings is 1. The van der Waals surface area contributed by atoms with E-state index in [0.29, 0.717) is 37.5 Å². The van der Waals surface area contributed by atoms with E-state index in [1.807, 2.05) is 17.0 Å². The number of alkyl halides is 3. The summed E-state index contributed by atoms with van der Waals surface area (Å²) in [5, 5.41) is 0. The summed E-state index contributed by atoms with van der Waals surface area (Å²) in [6, 6.07) is 12.5. The first-order valence-electron chi connectivity index (χ1n) is 10.1. The first-order chi connectivity index (χ1) is 14.9. The average molecular weight is 429 g/mol. The SMILES string of the molecule is O=C(c1ccc(-c2cnco2)cc1)N1CCCN(Cc2ccc(C(F)(F)F)cc2)CC1. The summed E-state index contributed by atoms with van der Waals surface area (Å²) in [5.74, 6) is 0.619. The van der Waals surface area contributed by atoms with Gasteiger partial charge in [0.25, 0.3) is 5.91 Å². The predicted octanol–water partition coefficient (Wildman–Crippen LogP) is 4.71. The number of halogens is 3. The maximum atomic E-state index is 12.9. The number of benzene rings is 2. The Morgan fingerprint density at radius 3 is 2.35 bits per heavy atom.